The minimum Gasteiger partial charge on any atom is -0.426 e. The number of alkyl halides is 3. The van der Waals surface area contributed by atoms with E-state index in [4.69, 9.17) is 4.42 Å². The number of hydrogen-bond acceptors (Lipinski definition) is 4. The average Bonchev–Trinajstić information content (AvgIpc) is 2.74. The lowest BCUT2D eigenvalue weighted by atomic mass is 10.0. The number of carbonyl (C=O) groups excluding carboxylic acids is 1. The minimum atomic E-state index is -4.41. The molecular formula is C9H10F3N3O2. The normalized spacial score (nSPS) is 25.1. The highest BCUT2D eigenvalue weighted by Crippen LogP contribution is 2.30. The Kier molecular flexibility index (Phi) is 2.80. The van der Waals surface area contributed by atoms with Crippen molar-refractivity contribution < 1.29 is 22.4 Å². The van der Waals surface area contributed by atoms with Gasteiger partial charge in [0, 0.05) is 19.3 Å². The molecule has 0 spiro atoms. The molecule has 2 atom stereocenters. The summed E-state index contributed by atoms with van der Waals surface area (Å²) in [5, 5.41) is 9.12. The summed E-state index contributed by atoms with van der Waals surface area (Å²) in [6.45, 7) is 1.57. The number of carbonyl (C=O) groups is 1. The van der Waals surface area contributed by atoms with E-state index in [0.29, 0.717) is 5.89 Å². The van der Waals surface area contributed by atoms with Gasteiger partial charge in [0.15, 0.2) is 0 Å². The van der Waals surface area contributed by atoms with Crippen molar-refractivity contribution in [2.75, 3.05) is 0 Å². The molecule has 5 nitrogen and oxygen atoms in total. The molecule has 8 heteroatoms. The van der Waals surface area contributed by atoms with Crippen LogP contribution in [0, 0.1) is 12.8 Å². The smallest absolute Gasteiger partial charge is 0.408 e. The van der Waals surface area contributed by atoms with E-state index < -0.39 is 24.0 Å². The van der Waals surface area contributed by atoms with Crippen LogP contribution in [0.5, 0.6) is 0 Å². The molecule has 0 radical (unpaired) electrons. The summed E-state index contributed by atoms with van der Waals surface area (Å²) in [5.41, 5.74) is 0. The largest absolute Gasteiger partial charge is 0.426 e. The third kappa shape index (κ3) is 2.56. The van der Waals surface area contributed by atoms with Gasteiger partial charge in [-0.2, -0.15) is 13.2 Å². The third-order valence-corrected chi connectivity index (χ3v) is 2.59. The molecule has 1 aliphatic heterocycles. The van der Waals surface area contributed by atoms with Crippen molar-refractivity contribution in [1.82, 2.24) is 15.5 Å². The zero-order valence-corrected chi connectivity index (χ0v) is 8.91. The number of hydrogen-bond donors (Lipinski definition) is 1. The Morgan fingerprint density at radius 1 is 1.47 bits per heavy atom. The Bertz CT molecular complexity index is 429. The molecule has 0 aliphatic carbocycles. The minimum absolute atomic E-state index is 0.0409. The fourth-order valence-corrected chi connectivity index (χ4v) is 1.76. The number of nitrogens with zero attached hydrogens (tertiary/aromatic N) is 2. The summed E-state index contributed by atoms with van der Waals surface area (Å²) < 4.78 is 42.2. The van der Waals surface area contributed by atoms with Crippen molar-refractivity contribution in [2.45, 2.75) is 32.0 Å². The van der Waals surface area contributed by atoms with Gasteiger partial charge in [-0.3, -0.25) is 4.79 Å². The van der Waals surface area contributed by atoms with Crippen molar-refractivity contribution >= 4 is 5.91 Å². The Balaban J connectivity index is 2.02. The summed E-state index contributed by atoms with van der Waals surface area (Å²) in [5.74, 6) is -0.874. The number of nitrogens with one attached hydrogen (secondary N) is 1. The maximum atomic E-state index is 12.4. The highest BCUT2D eigenvalue weighted by molar-refractivity contribution is 5.81. The zero-order chi connectivity index (χ0) is 12.6. The number of amides is 1. The van der Waals surface area contributed by atoms with Crippen LogP contribution in [0.15, 0.2) is 4.42 Å². The monoisotopic (exact) mass is 249 g/mol. The zero-order valence-electron chi connectivity index (χ0n) is 8.91. The highest BCUT2D eigenvalue weighted by Gasteiger charge is 2.47. The van der Waals surface area contributed by atoms with Crippen LogP contribution in [0.4, 0.5) is 13.2 Å². The maximum absolute atomic E-state index is 12.4. The number of aryl methyl sites for hydroxylation is 1. The van der Waals surface area contributed by atoms with E-state index in [-0.39, 0.29) is 18.7 Å². The molecule has 1 saturated heterocycles. The topological polar surface area (TPSA) is 68.0 Å². The molecule has 0 saturated carbocycles. The van der Waals surface area contributed by atoms with Crippen LogP contribution in [0.25, 0.3) is 0 Å². The van der Waals surface area contributed by atoms with E-state index in [2.05, 4.69) is 10.2 Å². The molecule has 0 bridgehead atoms. The van der Waals surface area contributed by atoms with E-state index >= 15 is 0 Å². The van der Waals surface area contributed by atoms with Crippen LogP contribution in [-0.4, -0.2) is 28.3 Å². The first-order valence-corrected chi connectivity index (χ1v) is 5.02. The molecule has 1 N–H and O–H groups in total. The van der Waals surface area contributed by atoms with Gasteiger partial charge in [-0.15, -0.1) is 10.2 Å². The first-order valence-electron chi connectivity index (χ1n) is 5.02. The van der Waals surface area contributed by atoms with Gasteiger partial charge >= 0.3 is 6.18 Å². The first kappa shape index (κ1) is 11.9. The second-order valence-electron chi connectivity index (χ2n) is 3.95. The van der Waals surface area contributed by atoms with Crippen molar-refractivity contribution in [2.24, 2.45) is 5.92 Å². The lowest BCUT2D eigenvalue weighted by Gasteiger charge is -2.13. The van der Waals surface area contributed by atoms with Crippen LogP contribution in [0.1, 0.15) is 18.2 Å². The van der Waals surface area contributed by atoms with E-state index in [9.17, 15) is 18.0 Å². The third-order valence-electron chi connectivity index (χ3n) is 2.59. The Morgan fingerprint density at radius 2 is 2.18 bits per heavy atom. The highest BCUT2D eigenvalue weighted by atomic mass is 19.4. The standard InChI is InChI=1S/C9H10F3N3O2/c1-4-14-15-7(17-4)3-5-2-6(9(10,11)12)13-8(5)16/h5-6H,2-3H2,1H3,(H,13,16). The quantitative estimate of drug-likeness (QED) is 0.848. The number of aromatic nitrogens is 2. The van der Waals surface area contributed by atoms with Crippen molar-refractivity contribution in [1.29, 1.82) is 0 Å². The molecular weight excluding hydrogens is 239 g/mol. The second-order valence-corrected chi connectivity index (χ2v) is 3.95. The summed E-state index contributed by atoms with van der Waals surface area (Å²) in [6, 6.07) is -1.77. The number of halogens is 3. The first-order chi connectivity index (χ1) is 7.86. The van der Waals surface area contributed by atoms with E-state index in [1.54, 1.807) is 6.92 Å². The van der Waals surface area contributed by atoms with Crippen LogP contribution in [0.3, 0.4) is 0 Å². The molecule has 1 aliphatic rings. The lowest BCUT2D eigenvalue weighted by molar-refractivity contribution is -0.154. The Morgan fingerprint density at radius 3 is 2.65 bits per heavy atom. The van der Waals surface area contributed by atoms with Gasteiger partial charge in [0.2, 0.25) is 17.7 Å². The van der Waals surface area contributed by atoms with E-state index in [1.807, 2.05) is 5.32 Å². The molecule has 1 aromatic heterocycles. The van der Waals surface area contributed by atoms with Crippen LogP contribution < -0.4 is 5.32 Å². The summed E-state index contributed by atoms with van der Waals surface area (Å²) in [4.78, 5) is 11.3. The van der Waals surface area contributed by atoms with Crippen molar-refractivity contribution in [3.8, 4) is 0 Å². The van der Waals surface area contributed by atoms with E-state index in [0.717, 1.165) is 0 Å². The van der Waals surface area contributed by atoms with Crippen LogP contribution >= 0.6 is 0 Å². The molecule has 17 heavy (non-hydrogen) atoms. The van der Waals surface area contributed by atoms with Crippen molar-refractivity contribution in [3.05, 3.63) is 11.8 Å². The maximum Gasteiger partial charge on any atom is 0.408 e. The molecule has 1 fully saturated rings. The lowest BCUT2D eigenvalue weighted by Crippen LogP contribution is -2.38. The second kappa shape index (κ2) is 4.01. The fourth-order valence-electron chi connectivity index (χ4n) is 1.76. The van der Waals surface area contributed by atoms with Crippen LogP contribution in [0.2, 0.25) is 0 Å². The molecule has 2 heterocycles. The molecule has 2 rings (SSSR count). The van der Waals surface area contributed by atoms with Gasteiger partial charge in [0.25, 0.3) is 0 Å². The average molecular weight is 249 g/mol. The molecule has 2 unspecified atom stereocenters. The summed E-state index contributed by atoms with van der Waals surface area (Å²) in [6.07, 6.45) is -4.65. The summed E-state index contributed by atoms with van der Waals surface area (Å²) in [7, 11) is 0. The fraction of sp³-hybridized carbons (Fsp3) is 0.667. The molecule has 94 valence electrons. The predicted molar refractivity (Wildman–Crippen MR) is 48.8 cm³/mol. The van der Waals surface area contributed by atoms with Gasteiger partial charge in [-0.1, -0.05) is 0 Å². The predicted octanol–water partition coefficient (Wildman–Crippen LogP) is 0.988. The summed E-state index contributed by atoms with van der Waals surface area (Å²) >= 11 is 0. The number of rotatable bonds is 2. The molecule has 1 amide bonds. The van der Waals surface area contributed by atoms with Gasteiger partial charge in [0.1, 0.15) is 6.04 Å². The molecule has 0 aromatic carbocycles. The van der Waals surface area contributed by atoms with Crippen molar-refractivity contribution in [3.63, 3.8) is 0 Å². The van der Waals surface area contributed by atoms with Gasteiger partial charge in [0.05, 0.1) is 0 Å². The van der Waals surface area contributed by atoms with Gasteiger partial charge in [-0.05, 0) is 6.42 Å². The van der Waals surface area contributed by atoms with E-state index in [1.165, 1.54) is 0 Å². The SMILES string of the molecule is Cc1nnc(CC2CC(C(F)(F)F)NC2=O)o1. The Labute approximate surface area is 94.4 Å². The Hall–Kier alpha value is -1.60. The van der Waals surface area contributed by atoms with Crippen LogP contribution in [-0.2, 0) is 11.2 Å². The van der Waals surface area contributed by atoms with Gasteiger partial charge in [-0.25, -0.2) is 0 Å². The molecule has 1 aromatic rings. The van der Waals surface area contributed by atoms with Gasteiger partial charge < -0.3 is 9.73 Å².